The van der Waals surface area contributed by atoms with Gasteiger partial charge in [0, 0.05) is 37.4 Å². The number of fused-ring (bicyclic) bond motifs is 1. The van der Waals surface area contributed by atoms with Crippen LogP contribution in [0.2, 0.25) is 0 Å². The maximum absolute atomic E-state index is 12.6. The number of urea groups is 1. The van der Waals surface area contributed by atoms with E-state index in [0.717, 1.165) is 43.6 Å². The van der Waals surface area contributed by atoms with Crippen LogP contribution in [0.25, 0.3) is 0 Å². The number of piperidine rings is 1. The molecule has 0 aromatic carbocycles. The van der Waals surface area contributed by atoms with Gasteiger partial charge in [-0.3, -0.25) is 4.98 Å². The molecule has 0 spiro atoms. The molecule has 27 heavy (non-hydrogen) atoms. The van der Waals surface area contributed by atoms with Gasteiger partial charge in [0.05, 0.1) is 5.92 Å². The van der Waals surface area contributed by atoms with E-state index < -0.39 is 0 Å². The molecule has 0 saturated carbocycles. The summed E-state index contributed by atoms with van der Waals surface area (Å²) in [5, 5.41) is 7.09. The standard InChI is InChI=1S/C20H27N5O2/c1-13(2)18-23-19(27-24-18)16-6-4-8-25(12-16)20(26)22-11-14-9-15-5-3-7-17(15)21-10-14/h9-10,13,16H,3-8,11-12H2,1-2H3,(H,22,26)/t16-/m1/s1. The smallest absolute Gasteiger partial charge is 0.317 e. The van der Waals surface area contributed by atoms with Crippen LogP contribution >= 0.6 is 0 Å². The number of aryl methyl sites for hydroxylation is 2. The number of carbonyl (C=O) groups excluding carboxylic acids is 1. The summed E-state index contributed by atoms with van der Waals surface area (Å²) in [6, 6.07) is 2.14. The highest BCUT2D eigenvalue weighted by molar-refractivity contribution is 5.74. The lowest BCUT2D eigenvalue weighted by Gasteiger charge is -2.31. The first-order chi connectivity index (χ1) is 13.1. The third kappa shape index (κ3) is 3.96. The number of aromatic nitrogens is 3. The molecular weight excluding hydrogens is 342 g/mol. The van der Waals surface area contributed by atoms with Crippen LogP contribution in [0.4, 0.5) is 4.79 Å². The molecule has 2 amide bonds. The zero-order chi connectivity index (χ0) is 18.8. The van der Waals surface area contributed by atoms with E-state index in [1.165, 1.54) is 17.7 Å². The molecule has 1 aliphatic heterocycles. The fraction of sp³-hybridized carbons (Fsp3) is 0.600. The first-order valence-electron chi connectivity index (χ1n) is 9.93. The Morgan fingerprint density at radius 2 is 2.26 bits per heavy atom. The van der Waals surface area contributed by atoms with Crippen molar-refractivity contribution in [2.75, 3.05) is 13.1 Å². The van der Waals surface area contributed by atoms with Gasteiger partial charge in [-0.15, -0.1) is 0 Å². The lowest BCUT2D eigenvalue weighted by molar-refractivity contribution is 0.171. The first-order valence-corrected chi connectivity index (χ1v) is 9.93. The van der Waals surface area contributed by atoms with Crippen LogP contribution in [0.15, 0.2) is 16.8 Å². The van der Waals surface area contributed by atoms with Gasteiger partial charge >= 0.3 is 6.03 Å². The summed E-state index contributed by atoms with van der Waals surface area (Å²) >= 11 is 0. The molecule has 2 aliphatic rings. The molecule has 0 radical (unpaired) electrons. The number of amides is 2. The van der Waals surface area contributed by atoms with E-state index in [4.69, 9.17) is 4.52 Å². The zero-order valence-electron chi connectivity index (χ0n) is 16.1. The molecule has 144 valence electrons. The Morgan fingerprint density at radius 1 is 1.37 bits per heavy atom. The highest BCUT2D eigenvalue weighted by atomic mass is 16.5. The van der Waals surface area contributed by atoms with Gasteiger partial charge in [-0.2, -0.15) is 4.98 Å². The molecule has 7 heteroatoms. The first kappa shape index (κ1) is 17.9. The molecule has 1 aliphatic carbocycles. The summed E-state index contributed by atoms with van der Waals surface area (Å²) in [6.45, 7) is 5.98. The summed E-state index contributed by atoms with van der Waals surface area (Å²) in [6.07, 6.45) is 7.15. The van der Waals surface area contributed by atoms with Crippen molar-refractivity contribution in [3.63, 3.8) is 0 Å². The predicted molar refractivity (Wildman–Crippen MR) is 100 cm³/mol. The molecular formula is C20H27N5O2. The van der Waals surface area contributed by atoms with Crippen LogP contribution in [-0.4, -0.2) is 39.1 Å². The number of nitrogens with one attached hydrogen (secondary N) is 1. The Labute approximate surface area is 159 Å². The summed E-state index contributed by atoms with van der Waals surface area (Å²) < 4.78 is 5.44. The molecule has 3 heterocycles. The van der Waals surface area contributed by atoms with Gasteiger partial charge in [-0.05, 0) is 43.2 Å². The minimum absolute atomic E-state index is 0.0382. The van der Waals surface area contributed by atoms with E-state index in [1.807, 2.05) is 24.9 Å². The lowest BCUT2D eigenvalue weighted by Crippen LogP contribution is -2.44. The summed E-state index contributed by atoms with van der Waals surface area (Å²) in [5.74, 6) is 1.74. The number of hydrogen-bond donors (Lipinski definition) is 1. The lowest BCUT2D eigenvalue weighted by atomic mass is 9.98. The van der Waals surface area contributed by atoms with E-state index in [1.54, 1.807) is 0 Å². The molecule has 1 atom stereocenters. The molecule has 1 N–H and O–H groups in total. The fourth-order valence-corrected chi connectivity index (χ4v) is 3.87. The molecule has 1 saturated heterocycles. The number of pyridine rings is 1. The van der Waals surface area contributed by atoms with Crippen LogP contribution in [0.5, 0.6) is 0 Å². The van der Waals surface area contributed by atoms with Crippen molar-refractivity contribution >= 4 is 6.03 Å². The van der Waals surface area contributed by atoms with Crippen molar-refractivity contribution in [3.8, 4) is 0 Å². The van der Waals surface area contributed by atoms with E-state index in [0.29, 0.717) is 19.0 Å². The summed E-state index contributed by atoms with van der Waals surface area (Å²) in [5.41, 5.74) is 3.61. The normalized spacial score (nSPS) is 19.4. The van der Waals surface area contributed by atoms with Crippen LogP contribution < -0.4 is 5.32 Å². The molecule has 7 nitrogen and oxygen atoms in total. The second kappa shape index (κ2) is 7.66. The van der Waals surface area contributed by atoms with E-state index in [-0.39, 0.29) is 17.9 Å². The van der Waals surface area contributed by atoms with E-state index in [9.17, 15) is 4.79 Å². The Bertz CT molecular complexity index is 816. The van der Waals surface area contributed by atoms with Crippen LogP contribution in [0.3, 0.4) is 0 Å². The number of hydrogen-bond acceptors (Lipinski definition) is 5. The Hall–Kier alpha value is -2.44. The van der Waals surface area contributed by atoms with E-state index >= 15 is 0 Å². The minimum Gasteiger partial charge on any atom is -0.339 e. The molecule has 1 fully saturated rings. The van der Waals surface area contributed by atoms with Gasteiger partial charge in [-0.25, -0.2) is 4.79 Å². The summed E-state index contributed by atoms with van der Waals surface area (Å²) in [7, 11) is 0. The van der Waals surface area contributed by atoms with Crippen molar-refractivity contribution in [1.82, 2.24) is 25.3 Å². The average Bonchev–Trinajstić information content (AvgIpc) is 3.35. The van der Waals surface area contributed by atoms with Crippen LogP contribution in [-0.2, 0) is 19.4 Å². The van der Waals surface area contributed by atoms with Crippen LogP contribution in [0, 0.1) is 0 Å². The topological polar surface area (TPSA) is 84.2 Å². The molecule has 2 aromatic rings. The quantitative estimate of drug-likeness (QED) is 0.895. The van der Waals surface area contributed by atoms with Crippen molar-refractivity contribution < 1.29 is 9.32 Å². The highest BCUT2D eigenvalue weighted by Gasteiger charge is 2.28. The van der Waals surface area contributed by atoms with Crippen molar-refractivity contribution in [2.24, 2.45) is 0 Å². The number of nitrogens with zero attached hydrogens (tertiary/aromatic N) is 4. The Balaban J connectivity index is 1.34. The monoisotopic (exact) mass is 369 g/mol. The third-order valence-corrected chi connectivity index (χ3v) is 5.45. The maximum Gasteiger partial charge on any atom is 0.317 e. The van der Waals surface area contributed by atoms with Crippen LogP contribution in [0.1, 0.15) is 73.5 Å². The molecule has 4 rings (SSSR count). The van der Waals surface area contributed by atoms with Gasteiger partial charge in [0.2, 0.25) is 5.89 Å². The Kier molecular flexibility index (Phi) is 5.09. The third-order valence-electron chi connectivity index (χ3n) is 5.45. The maximum atomic E-state index is 12.6. The van der Waals surface area contributed by atoms with E-state index in [2.05, 4.69) is 26.5 Å². The Morgan fingerprint density at radius 3 is 3.07 bits per heavy atom. The molecule has 0 bridgehead atoms. The number of rotatable bonds is 4. The highest BCUT2D eigenvalue weighted by Crippen LogP contribution is 2.27. The summed E-state index contributed by atoms with van der Waals surface area (Å²) in [4.78, 5) is 23.5. The average molecular weight is 369 g/mol. The van der Waals surface area contributed by atoms with Gasteiger partial charge in [0.15, 0.2) is 5.82 Å². The fourth-order valence-electron chi connectivity index (χ4n) is 3.87. The molecule has 0 unspecified atom stereocenters. The van der Waals surface area contributed by atoms with Crippen molar-refractivity contribution in [1.29, 1.82) is 0 Å². The van der Waals surface area contributed by atoms with Gasteiger partial charge in [0.1, 0.15) is 0 Å². The second-order valence-electron chi connectivity index (χ2n) is 7.89. The minimum atomic E-state index is -0.0382. The predicted octanol–water partition coefficient (Wildman–Crippen LogP) is 3.17. The van der Waals surface area contributed by atoms with Gasteiger partial charge < -0.3 is 14.7 Å². The molecule has 2 aromatic heterocycles. The van der Waals surface area contributed by atoms with Gasteiger partial charge in [0.25, 0.3) is 0 Å². The second-order valence-corrected chi connectivity index (χ2v) is 7.89. The van der Waals surface area contributed by atoms with Gasteiger partial charge in [-0.1, -0.05) is 25.1 Å². The number of carbonyl (C=O) groups is 1. The zero-order valence-corrected chi connectivity index (χ0v) is 16.1. The largest absolute Gasteiger partial charge is 0.339 e. The number of likely N-dealkylation sites (tertiary alicyclic amines) is 1. The van der Waals surface area contributed by atoms with Crippen molar-refractivity contribution in [2.45, 2.75) is 64.3 Å². The SMILES string of the molecule is CC(C)c1noc([C@@H]2CCCN(C(=O)NCc3cnc4c(c3)CCC4)C2)n1. The van der Waals surface area contributed by atoms with Crippen molar-refractivity contribution in [3.05, 3.63) is 40.8 Å².